The summed E-state index contributed by atoms with van der Waals surface area (Å²) in [4.78, 5) is 13.9. The second kappa shape index (κ2) is 8.76. The van der Waals surface area contributed by atoms with Gasteiger partial charge in [0.1, 0.15) is 0 Å². The highest BCUT2D eigenvalue weighted by Gasteiger charge is 2.06. The van der Waals surface area contributed by atoms with Crippen LogP contribution in [0.25, 0.3) is 0 Å². The predicted molar refractivity (Wildman–Crippen MR) is 94.3 cm³/mol. The molecule has 0 unspecified atom stereocenters. The maximum absolute atomic E-state index is 13.6. The van der Waals surface area contributed by atoms with Gasteiger partial charge in [-0.2, -0.15) is 0 Å². The summed E-state index contributed by atoms with van der Waals surface area (Å²) in [6.07, 6.45) is 0.801. The lowest BCUT2D eigenvalue weighted by molar-refractivity contribution is 0.252. The molecule has 2 amide bonds. The van der Waals surface area contributed by atoms with Crippen molar-refractivity contribution in [3.63, 3.8) is 0 Å². The van der Waals surface area contributed by atoms with E-state index in [0.29, 0.717) is 12.2 Å². The van der Waals surface area contributed by atoms with Crippen LogP contribution in [0.15, 0.2) is 48.5 Å². The number of ether oxygens (including phenoxy) is 1. The first-order chi connectivity index (χ1) is 11.6. The lowest BCUT2D eigenvalue weighted by Gasteiger charge is -2.19. The molecule has 0 fully saturated rings. The lowest BCUT2D eigenvalue weighted by Crippen LogP contribution is -2.31. The molecule has 6 heteroatoms. The Balaban J connectivity index is 1.71. The van der Waals surface area contributed by atoms with Crippen LogP contribution in [0.2, 0.25) is 0 Å². The summed E-state index contributed by atoms with van der Waals surface area (Å²) in [7, 11) is 3.40. The standard InChI is InChI=1S/C18H22FN3O2/c1-22(15-7-4-3-5-8-15)12-6-11-20-18(23)21-14-9-10-17(24-2)16(19)13-14/h3-5,7-10,13H,6,11-12H2,1-2H3,(H2,20,21,23). The molecule has 0 aromatic heterocycles. The fourth-order valence-corrected chi connectivity index (χ4v) is 2.25. The topological polar surface area (TPSA) is 53.6 Å². The fraction of sp³-hybridized carbons (Fsp3) is 0.278. The third kappa shape index (κ3) is 5.15. The summed E-state index contributed by atoms with van der Waals surface area (Å²) in [6, 6.07) is 14.0. The number of nitrogens with zero attached hydrogens (tertiary/aromatic N) is 1. The summed E-state index contributed by atoms with van der Waals surface area (Å²) < 4.78 is 18.4. The van der Waals surface area contributed by atoms with Gasteiger partial charge in [-0.15, -0.1) is 0 Å². The molecule has 2 rings (SSSR count). The van der Waals surface area contributed by atoms with Gasteiger partial charge in [-0.05, 0) is 30.7 Å². The van der Waals surface area contributed by atoms with Gasteiger partial charge in [0, 0.05) is 37.6 Å². The fourth-order valence-electron chi connectivity index (χ4n) is 2.25. The number of methoxy groups -OCH3 is 1. The van der Waals surface area contributed by atoms with Crippen LogP contribution < -0.4 is 20.3 Å². The van der Waals surface area contributed by atoms with Gasteiger partial charge in [0.05, 0.1) is 7.11 Å². The normalized spacial score (nSPS) is 10.1. The Kier molecular flexibility index (Phi) is 6.42. The van der Waals surface area contributed by atoms with Crippen molar-refractivity contribution in [2.75, 3.05) is 37.5 Å². The Hall–Kier alpha value is -2.76. The largest absolute Gasteiger partial charge is 0.494 e. The van der Waals surface area contributed by atoms with E-state index >= 15 is 0 Å². The highest BCUT2D eigenvalue weighted by atomic mass is 19.1. The van der Waals surface area contributed by atoms with Gasteiger partial charge in [-0.3, -0.25) is 0 Å². The van der Waals surface area contributed by atoms with Crippen LogP contribution in [0.4, 0.5) is 20.6 Å². The molecule has 2 aromatic rings. The van der Waals surface area contributed by atoms with Crippen LogP contribution in [0.3, 0.4) is 0 Å². The molecule has 2 N–H and O–H groups in total. The minimum Gasteiger partial charge on any atom is -0.494 e. The van der Waals surface area contributed by atoms with Gasteiger partial charge < -0.3 is 20.3 Å². The quantitative estimate of drug-likeness (QED) is 0.764. The minimum absolute atomic E-state index is 0.143. The SMILES string of the molecule is COc1ccc(NC(=O)NCCCN(C)c2ccccc2)cc1F. The van der Waals surface area contributed by atoms with Gasteiger partial charge >= 0.3 is 6.03 Å². The smallest absolute Gasteiger partial charge is 0.319 e. The molecule has 2 aromatic carbocycles. The zero-order chi connectivity index (χ0) is 17.4. The molecule has 0 atom stereocenters. The van der Waals surface area contributed by atoms with Crippen LogP contribution >= 0.6 is 0 Å². The molecule has 0 aliphatic carbocycles. The number of benzene rings is 2. The van der Waals surface area contributed by atoms with Crippen LogP contribution in [0.1, 0.15) is 6.42 Å². The lowest BCUT2D eigenvalue weighted by atomic mass is 10.3. The molecule has 128 valence electrons. The molecule has 0 aliphatic heterocycles. The van der Waals surface area contributed by atoms with E-state index in [0.717, 1.165) is 18.7 Å². The number of halogens is 1. The van der Waals surface area contributed by atoms with Crippen molar-refractivity contribution in [1.82, 2.24) is 5.32 Å². The van der Waals surface area contributed by atoms with E-state index in [1.54, 1.807) is 6.07 Å². The molecule has 0 radical (unpaired) electrons. The van der Waals surface area contributed by atoms with E-state index in [1.807, 2.05) is 37.4 Å². The van der Waals surface area contributed by atoms with Gasteiger partial charge in [0.15, 0.2) is 11.6 Å². The van der Waals surface area contributed by atoms with Crippen molar-refractivity contribution in [3.8, 4) is 5.75 Å². The van der Waals surface area contributed by atoms with Crippen LogP contribution in [0.5, 0.6) is 5.75 Å². The zero-order valence-electron chi connectivity index (χ0n) is 13.9. The third-order valence-corrected chi connectivity index (χ3v) is 3.56. The maximum atomic E-state index is 13.6. The number of carbonyl (C=O) groups is 1. The number of nitrogens with one attached hydrogen (secondary N) is 2. The Labute approximate surface area is 141 Å². The molecule has 24 heavy (non-hydrogen) atoms. The third-order valence-electron chi connectivity index (χ3n) is 3.56. The molecule has 0 saturated carbocycles. The molecule has 0 aliphatic rings. The van der Waals surface area contributed by atoms with Gasteiger partial charge in [-0.25, -0.2) is 9.18 Å². The number of hydrogen-bond acceptors (Lipinski definition) is 3. The number of urea groups is 1. The number of para-hydroxylation sites is 1. The second-order valence-electron chi connectivity index (χ2n) is 5.34. The molecule has 0 heterocycles. The van der Waals surface area contributed by atoms with Crippen LogP contribution in [-0.2, 0) is 0 Å². The highest BCUT2D eigenvalue weighted by Crippen LogP contribution is 2.20. The van der Waals surface area contributed by atoms with E-state index in [-0.39, 0.29) is 11.8 Å². The monoisotopic (exact) mass is 331 g/mol. The Morgan fingerprint density at radius 1 is 1.21 bits per heavy atom. The second-order valence-corrected chi connectivity index (χ2v) is 5.34. The Bertz CT molecular complexity index is 665. The molecule has 0 saturated heterocycles. The van der Waals surface area contributed by atoms with Gasteiger partial charge in [-0.1, -0.05) is 18.2 Å². The maximum Gasteiger partial charge on any atom is 0.319 e. The average molecular weight is 331 g/mol. The Morgan fingerprint density at radius 3 is 2.62 bits per heavy atom. The number of carbonyl (C=O) groups excluding carboxylic acids is 1. The zero-order valence-corrected chi connectivity index (χ0v) is 13.9. The molecule has 0 bridgehead atoms. The average Bonchev–Trinajstić information content (AvgIpc) is 2.59. The Morgan fingerprint density at radius 2 is 1.96 bits per heavy atom. The van der Waals surface area contributed by atoms with Crippen LogP contribution in [0, 0.1) is 5.82 Å². The number of anilines is 2. The van der Waals surface area contributed by atoms with Crippen molar-refractivity contribution in [2.24, 2.45) is 0 Å². The van der Waals surface area contributed by atoms with Crippen molar-refractivity contribution < 1.29 is 13.9 Å². The molecular weight excluding hydrogens is 309 g/mol. The highest BCUT2D eigenvalue weighted by molar-refractivity contribution is 5.89. The van der Waals surface area contributed by atoms with Crippen molar-refractivity contribution in [2.45, 2.75) is 6.42 Å². The summed E-state index contributed by atoms with van der Waals surface area (Å²) in [5.74, 6) is -0.371. The van der Waals surface area contributed by atoms with Gasteiger partial charge in [0.2, 0.25) is 0 Å². The first-order valence-electron chi connectivity index (χ1n) is 7.74. The predicted octanol–water partition coefficient (Wildman–Crippen LogP) is 3.48. The van der Waals surface area contributed by atoms with Crippen molar-refractivity contribution >= 4 is 17.4 Å². The molecular formula is C18H22FN3O2. The first-order valence-corrected chi connectivity index (χ1v) is 7.74. The summed E-state index contributed by atoms with van der Waals surface area (Å²) in [6.45, 7) is 1.35. The number of amides is 2. The van der Waals surface area contributed by atoms with Crippen molar-refractivity contribution in [1.29, 1.82) is 0 Å². The summed E-state index contributed by atoms with van der Waals surface area (Å²) >= 11 is 0. The van der Waals surface area contributed by atoms with E-state index in [9.17, 15) is 9.18 Å². The van der Waals surface area contributed by atoms with Crippen LogP contribution in [-0.4, -0.2) is 33.3 Å². The summed E-state index contributed by atoms with van der Waals surface area (Å²) in [5, 5.41) is 5.35. The van der Waals surface area contributed by atoms with E-state index in [1.165, 1.54) is 19.2 Å². The summed E-state index contributed by atoms with van der Waals surface area (Å²) in [5.41, 5.74) is 1.52. The van der Waals surface area contributed by atoms with E-state index in [2.05, 4.69) is 15.5 Å². The minimum atomic E-state index is -0.514. The molecule has 5 nitrogen and oxygen atoms in total. The van der Waals surface area contributed by atoms with E-state index in [4.69, 9.17) is 4.74 Å². The van der Waals surface area contributed by atoms with E-state index < -0.39 is 5.82 Å². The van der Waals surface area contributed by atoms with Gasteiger partial charge in [0.25, 0.3) is 0 Å². The first kappa shape index (κ1) is 17.6. The molecule has 0 spiro atoms. The number of rotatable bonds is 7. The number of hydrogen-bond donors (Lipinski definition) is 2. The van der Waals surface area contributed by atoms with Crippen molar-refractivity contribution in [3.05, 3.63) is 54.3 Å².